The minimum absolute atomic E-state index is 0.0632. The number of likely N-dealkylation sites (tertiary alicyclic amines) is 1. The minimum atomic E-state index is -0.370. The molecule has 2 aromatic carbocycles. The van der Waals surface area contributed by atoms with E-state index in [0.717, 1.165) is 50.0 Å². The number of hydrogen-bond acceptors (Lipinski definition) is 4. The van der Waals surface area contributed by atoms with Gasteiger partial charge in [0.05, 0.1) is 18.9 Å². The molecule has 1 aliphatic carbocycles. The highest BCUT2D eigenvalue weighted by Gasteiger charge is 2.37. The molecule has 198 valence electrons. The second kappa shape index (κ2) is 11.9. The molecule has 0 radical (unpaired) electrons. The highest BCUT2D eigenvalue weighted by atomic mass is 19.1. The summed E-state index contributed by atoms with van der Waals surface area (Å²) < 4.78 is 18.2. The molecule has 1 aliphatic heterocycles. The number of nitrogens with zero attached hydrogens (tertiary/aromatic N) is 1. The SMILES string of the molecule is COC(=O)C1CCC(C(=O)N2CCC(c3ccc(NC(=O)[C@H](c4ccc(F)cc4)C(C)C)cc3)CC2)C1. The minimum Gasteiger partial charge on any atom is -0.469 e. The van der Waals surface area contributed by atoms with Gasteiger partial charge in [0.25, 0.3) is 0 Å². The average molecular weight is 509 g/mol. The van der Waals surface area contributed by atoms with Crippen LogP contribution in [0.1, 0.15) is 68.9 Å². The Kier molecular flexibility index (Phi) is 8.62. The van der Waals surface area contributed by atoms with Gasteiger partial charge in [-0.3, -0.25) is 14.4 Å². The summed E-state index contributed by atoms with van der Waals surface area (Å²) in [6.45, 7) is 5.40. The first-order valence-electron chi connectivity index (χ1n) is 13.3. The number of ether oxygens (including phenoxy) is 1. The number of anilines is 1. The molecule has 2 amide bonds. The van der Waals surface area contributed by atoms with Crippen molar-refractivity contribution in [2.45, 2.75) is 57.8 Å². The Labute approximate surface area is 218 Å². The van der Waals surface area contributed by atoms with Crippen LogP contribution in [0.5, 0.6) is 0 Å². The first kappa shape index (κ1) is 26.8. The number of piperidine rings is 1. The Bertz CT molecular complexity index is 1090. The monoisotopic (exact) mass is 508 g/mol. The lowest BCUT2D eigenvalue weighted by Crippen LogP contribution is -2.41. The summed E-state index contributed by atoms with van der Waals surface area (Å²) >= 11 is 0. The van der Waals surface area contributed by atoms with Gasteiger partial charge in [0.15, 0.2) is 0 Å². The lowest BCUT2D eigenvalue weighted by molar-refractivity contribution is -0.145. The van der Waals surface area contributed by atoms with E-state index in [4.69, 9.17) is 4.74 Å². The fraction of sp³-hybridized carbons (Fsp3) is 0.500. The average Bonchev–Trinajstić information content (AvgIpc) is 3.40. The van der Waals surface area contributed by atoms with Gasteiger partial charge in [-0.05, 0) is 79.3 Å². The van der Waals surface area contributed by atoms with Crippen molar-refractivity contribution in [3.63, 3.8) is 0 Å². The zero-order valence-electron chi connectivity index (χ0n) is 21.9. The van der Waals surface area contributed by atoms with Gasteiger partial charge in [-0.25, -0.2) is 4.39 Å². The molecule has 37 heavy (non-hydrogen) atoms. The summed E-state index contributed by atoms with van der Waals surface area (Å²) in [5.41, 5.74) is 2.73. The van der Waals surface area contributed by atoms with E-state index in [2.05, 4.69) is 17.4 Å². The Hall–Kier alpha value is -3.22. The van der Waals surface area contributed by atoms with Crippen LogP contribution in [0.25, 0.3) is 0 Å². The van der Waals surface area contributed by atoms with Gasteiger partial charge in [0.2, 0.25) is 11.8 Å². The molecule has 0 spiro atoms. The van der Waals surface area contributed by atoms with E-state index in [1.165, 1.54) is 24.8 Å². The van der Waals surface area contributed by atoms with Gasteiger partial charge in [0, 0.05) is 24.7 Å². The standard InChI is InChI=1S/C30H37FN2O4/c1-19(2)27(22-6-10-25(31)11-7-22)28(34)32-26-12-8-20(9-13-26)21-14-16-33(17-15-21)29(35)23-4-5-24(18-23)30(36)37-3/h6-13,19,21,23-24,27H,4-5,14-18H2,1-3H3,(H,32,34)/t23?,24?,27-/m0/s1. The molecule has 4 rings (SSSR count). The summed E-state index contributed by atoms with van der Waals surface area (Å²) in [6, 6.07) is 14.1. The van der Waals surface area contributed by atoms with E-state index in [0.29, 0.717) is 12.3 Å². The first-order chi connectivity index (χ1) is 17.8. The summed E-state index contributed by atoms with van der Waals surface area (Å²) in [7, 11) is 1.40. The Morgan fingerprint density at radius 1 is 0.919 bits per heavy atom. The summed E-state index contributed by atoms with van der Waals surface area (Å²) in [5.74, 6) is -0.630. The fourth-order valence-electron chi connectivity index (χ4n) is 5.85. The maximum absolute atomic E-state index is 13.3. The third-order valence-corrected chi connectivity index (χ3v) is 7.95. The number of methoxy groups -OCH3 is 1. The number of rotatable bonds is 7. The molecule has 2 unspecified atom stereocenters. The van der Waals surface area contributed by atoms with Crippen molar-refractivity contribution in [2.75, 3.05) is 25.5 Å². The topological polar surface area (TPSA) is 75.7 Å². The highest BCUT2D eigenvalue weighted by molar-refractivity contribution is 5.96. The van der Waals surface area contributed by atoms with E-state index in [1.807, 2.05) is 30.9 Å². The number of esters is 1. The van der Waals surface area contributed by atoms with Crippen molar-refractivity contribution in [1.82, 2.24) is 4.90 Å². The smallest absolute Gasteiger partial charge is 0.308 e. The molecule has 1 N–H and O–H groups in total. The van der Waals surface area contributed by atoms with Crippen LogP contribution < -0.4 is 5.32 Å². The first-order valence-corrected chi connectivity index (χ1v) is 13.3. The maximum atomic E-state index is 13.3. The molecule has 7 heteroatoms. The molecule has 1 saturated carbocycles. The molecular weight excluding hydrogens is 471 g/mol. The Morgan fingerprint density at radius 2 is 1.54 bits per heavy atom. The van der Waals surface area contributed by atoms with Crippen LogP contribution in [0, 0.1) is 23.6 Å². The number of carbonyl (C=O) groups excluding carboxylic acids is 3. The molecule has 2 aliphatic rings. The number of nitrogens with one attached hydrogen (secondary N) is 1. The maximum Gasteiger partial charge on any atom is 0.308 e. The quantitative estimate of drug-likeness (QED) is 0.501. The molecule has 3 atom stereocenters. The molecule has 2 aromatic rings. The van der Waals surface area contributed by atoms with Crippen molar-refractivity contribution >= 4 is 23.5 Å². The van der Waals surface area contributed by atoms with Crippen LogP contribution in [-0.4, -0.2) is 42.9 Å². The van der Waals surface area contributed by atoms with Crippen LogP contribution in [0.2, 0.25) is 0 Å². The van der Waals surface area contributed by atoms with Crippen LogP contribution in [0.3, 0.4) is 0 Å². The van der Waals surface area contributed by atoms with Gasteiger partial charge < -0.3 is 15.0 Å². The molecular formula is C30H37FN2O4. The van der Waals surface area contributed by atoms with Crippen molar-refractivity contribution in [1.29, 1.82) is 0 Å². The van der Waals surface area contributed by atoms with Crippen molar-refractivity contribution in [3.05, 3.63) is 65.5 Å². The second-order valence-corrected chi connectivity index (χ2v) is 10.7. The molecule has 0 bridgehead atoms. The van der Waals surface area contributed by atoms with E-state index < -0.39 is 0 Å². The largest absolute Gasteiger partial charge is 0.469 e. The third-order valence-electron chi connectivity index (χ3n) is 7.95. The van der Waals surface area contributed by atoms with Crippen LogP contribution in [0.4, 0.5) is 10.1 Å². The van der Waals surface area contributed by atoms with Crippen LogP contribution in [0.15, 0.2) is 48.5 Å². The van der Waals surface area contributed by atoms with E-state index in [-0.39, 0.29) is 47.3 Å². The zero-order chi connectivity index (χ0) is 26.5. The summed E-state index contributed by atoms with van der Waals surface area (Å²) in [4.78, 5) is 39.8. The van der Waals surface area contributed by atoms with E-state index in [1.54, 1.807) is 12.1 Å². The van der Waals surface area contributed by atoms with Gasteiger partial charge in [-0.2, -0.15) is 0 Å². The number of hydrogen-bond donors (Lipinski definition) is 1. The van der Waals surface area contributed by atoms with Crippen molar-refractivity contribution < 1.29 is 23.5 Å². The number of benzene rings is 2. The normalized spacial score (nSPS) is 21.1. The van der Waals surface area contributed by atoms with Crippen molar-refractivity contribution in [2.24, 2.45) is 17.8 Å². The predicted octanol–water partition coefficient (Wildman–Crippen LogP) is 5.50. The fourth-order valence-corrected chi connectivity index (χ4v) is 5.85. The molecule has 2 fully saturated rings. The van der Waals surface area contributed by atoms with Crippen molar-refractivity contribution in [3.8, 4) is 0 Å². The third kappa shape index (κ3) is 6.38. The van der Waals surface area contributed by atoms with Gasteiger partial charge >= 0.3 is 5.97 Å². The van der Waals surface area contributed by atoms with Crippen LogP contribution >= 0.6 is 0 Å². The lowest BCUT2D eigenvalue weighted by atomic mass is 9.87. The number of amides is 2. The Balaban J connectivity index is 1.30. The molecule has 6 nitrogen and oxygen atoms in total. The number of halogens is 1. The van der Waals surface area contributed by atoms with Gasteiger partial charge in [-0.15, -0.1) is 0 Å². The van der Waals surface area contributed by atoms with Crippen LogP contribution in [-0.2, 0) is 19.1 Å². The van der Waals surface area contributed by atoms with E-state index in [9.17, 15) is 18.8 Å². The Morgan fingerprint density at radius 3 is 2.14 bits per heavy atom. The highest BCUT2D eigenvalue weighted by Crippen LogP contribution is 2.35. The molecule has 1 heterocycles. The summed E-state index contributed by atoms with van der Waals surface area (Å²) in [5, 5.41) is 3.02. The summed E-state index contributed by atoms with van der Waals surface area (Å²) in [6.07, 6.45) is 3.86. The predicted molar refractivity (Wildman–Crippen MR) is 140 cm³/mol. The zero-order valence-corrected chi connectivity index (χ0v) is 21.9. The van der Waals surface area contributed by atoms with Gasteiger partial charge in [0.1, 0.15) is 5.82 Å². The van der Waals surface area contributed by atoms with Gasteiger partial charge in [-0.1, -0.05) is 38.1 Å². The lowest BCUT2D eigenvalue weighted by Gasteiger charge is -2.34. The van der Waals surface area contributed by atoms with E-state index >= 15 is 0 Å². The second-order valence-electron chi connectivity index (χ2n) is 10.7. The number of carbonyl (C=O) groups is 3. The molecule has 0 aromatic heterocycles. The molecule has 1 saturated heterocycles.